The van der Waals surface area contributed by atoms with Gasteiger partial charge in [0.05, 0.1) is 0 Å². The number of rotatable bonds is 2. The van der Waals surface area contributed by atoms with Crippen molar-refractivity contribution >= 4 is 0 Å². The molecule has 0 saturated heterocycles. The summed E-state index contributed by atoms with van der Waals surface area (Å²) in [6, 6.07) is 0. The van der Waals surface area contributed by atoms with Crippen molar-refractivity contribution < 1.29 is 0 Å². The molecule has 0 spiro atoms. The fraction of sp³-hybridized carbons (Fsp3) is 0.913. The summed E-state index contributed by atoms with van der Waals surface area (Å²) in [4.78, 5) is 0. The minimum atomic E-state index is 0.635. The van der Waals surface area contributed by atoms with Crippen molar-refractivity contribution in [2.24, 2.45) is 29.1 Å². The van der Waals surface area contributed by atoms with E-state index in [1.54, 1.807) is 0 Å². The van der Waals surface area contributed by atoms with Gasteiger partial charge in [-0.15, -0.1) is 0 Å². The Hall–Kier alpha value is -0.260. The first-order valence-corrected chi connectivity index (χ1v) is 10.8. The van der Waals surface area contributed by atoms with Crippen molar-refractivity contribution in [1.29, 1.82) is 0 Å². The van der Waals surface area contributed by atoms with Crippen LogP contribution in [0.4, 0.5) is 0 Å². The Labute approximate surface area is 147 Å². The van der Waals surface area contributed by atoms with Crippen LogP contribution in [0.15, 0.2) is 11.6 Å². The molecule has 3 rings (SSSR count). The highest BCUT2D eigenvalue weighted by atomic mass is 14.5. The van der Waals surface area contributed by atoms with Gasteiger partial charge in [-0.2, -0.15) is 0 Å². The first-order chi connectivity index (χ1) is 11.2. The van der Waals surface area contributed by atoms with E-state index in [4.69, 9.17) is 0 Å². The van der Waals surface area contributed by atoms with Crippen LogP contribution in [-0.4, -0.2) is 0 Å². The third kappa shape index (κ3) is 4.43. The summed E-state index contributed by atoms with van der Waals surface area (Å²) in [6.07, 6.45) is 15.8. The smallest absolute Gasteiger partial charge is 0.0172 e. The maximum atomic E-state index is 2.67. The predicted molar refractivity (Wildman–Crippen MR) is 106 cm³/mol. The summed E-state index contributed by atoms with van der Waals surface area (Å²) < 4.78 is 0. The topological polar surface area (TPSA) is 0 Å². The van der Waals surface area contributed by atoms with Crippen molar-refractivity contribution in [3.05, 3.63) is 11.6 Å². The lowest BCUT2D eigenvalue weighted by Gasteiger charge is -2.53. The maximum Gasteiger partial charge on any atom is -0.0172 e. The summed E-state index contributed by atoms with van der Waals surface area (Å²) in [5.74, 6) is 3.96. The fourth-order valence-corrected chi connectivity index (χ4v) is 5.72. The molecule has 2 fully saturated rings. The predicted octanol–water partition coefficient (Wildman–Crippen LogP) is 8.03. The molecule has 0 radical (unpaired) electrons. The van der Waals surface area contributed by atoms with Crippen LogP contribution in [0.2, 0.25) is 0 Å². The van der Waals surface area contributed by atoms with Crippen LogP contribution in [0, 0.1) is 29.1 Å². The molecule has 0 aromatic rings. The molecule has 0 heteroatoms. The molecule has 0 N–H and O–H groups in total. The zero-order valence-corrected chi connectivity index (χ0v) is 17.3. The van der Waals surface area contributed by atoms with Gasteiger partial charge in [0, 0.05) is 0 Å². The van der Waals surface area contributed by atoms with Crippen LogP contribution >= 0.6 is 0 Å². The zero-order chi connectivity index (χ0) is 17.5. The van der Waals surface area contributed by atoms with E-state index in [1.165, 1.54) is 57.8 Å². The Morgan fingerprint density at radius 3 is 2.39 bits per heavy atom. The Morgan fingerprint density at radius 2 is 1.74 bits per heavy atom. The molecule has 0 heterocycles. The molecule has 0 nitrogen and oxygen atoms in total. The highest BCUT2D eigenvalue weighted by Crippen LogP contribution is 2.56. The maximum absolute atomic E-state index is 2.67. The van der Waals surface area contributed by atoms with Crippen LogP contribution in [-0.2, 0) is 0 Å². The van der Waals surface area contributed by atoms with Gasteiger partial charge >= 0.3 is 0 Å². The Bertz CT molecular complexity index is 353. The van der Waals surface area contributed by atoms with Crippen LogP contribution in [0.1, 0.15) is 106 Å². The molecule has 3 aliphatic rings. The van der Waals surface area contributed by atoms with E-state index in [9.17, 15) is 0 Å². The van der Waals surface area contributed by atoms with Crippen molar-refractivity contribution in [3.63, 3.8) is 0 Å². The lowest BCUT2D eigenvalue weighted by molar-refractivity contribution is -0.00672. The molecular formula is C23H44. The van der Waals surface area contributed by atoms with Gasteiger partial charge in [0.1, 0.15) is 0 Å². The van der Waals surface area contributed by atoms with Gasteiger partial charge in [-0.25, -0.2) is 0 Å². The monoisotopic (exact) mass is 320 g/mol. The van der Waals surface area contributed by atoms with Crippen molar-refractivity contribution in [3.8, 4) is 0 Å². The normalized spacial score (nSPS) is 38.7. The van der Waals surface area contributed by atoms with Gasteiger partial charge in [0.2, 0.25) is 0 Å². The third-order valence-corrected chi connectivity index (χ3v) is 7.04. The first-order valence-electron chi connectivity index (χ1n) is 10.8. The second-order valence-corrected chi connectivity index (χ2v) is 7.93. The van der Waals surface area contributed by atoms with Crippen LogP contribution in [0.3, 0.4) is 0 Å². The second kappa shape index (κ2) is 9.90. The van der Waals surface area contributed by atoms with Gasteiger partial charge < -0.3 is 0 Å². The second-order valence-electron chi connectivity index (χ2n) is 7.93. The number of hydrogen-bond acceptors (Lipinski definition) is 0. The van der Waals surface area contributed by atoms with Gasteiger partial charge in [-0.3, -0.25) is 0 Å². The number of hydrogen-bond donors (Lipinski definition) is 0. The third-order valence-electron chi connectivity index (χ3n) is 7.04. The molecule has 136 valence electrons. The van der Waals surface area contributed by atoms with Gasteiger partial charge in [-0.1, -0.05) is 73.0 Å². The van der Waals surface area contributed by atoms with Crippen molar-refractivity contribution in [2.45, 2.75) is 106 Å². The lowest BCUT2D eigenvalue weighted by Crippen LogP contribution is -2.44. The average Bonchev–Trinajstić information content (AvgIpc) is 2.62. The van der Waals surface area contributed by atoms with Crippen LogP contribution < -0.4 is 0 Å². The van der Waals surface area contributed by atoms with E-state index in [0.29, 0.717) is 5.41 Å². The highest BCUT2D eigenvalue weighted by Gasteiger charge is 2.47. The minimum absolute atomic E-state index is 0.635. The molecular weight excluding hydrogens is 276 g/mol. The summed E-state index contributed by atoms with van der Waals surface area (Å²) in [7, 11) is 0. The van der Waals surface area contributed by atoms with Crippen LogP contribution in [0.25, 0.3) is 0 Å². The van der Waals surface area contributed by atoms with E-state index in [1.807, 2.05) is 33.3 Å². The zero-order valence-electron chi connectivity index (χ0n) is 17.3. The van der Waals surface area contributed by atoms with E-state index in [-0.39, 0.29) is 0 Å². The standard InChI is InChI=1S/C19H32.2C2H6/c1-4-12-19(3)13-11-18-16(14(19)2)10-9-15-7-5-6-8-17(15)18;2*1-2/h9,14,16-18H,4-8,10-13H2,1-3H3;2*1-2H3/t14?,16?,17?,18?,19-;;/m0../s1. The van der Waals surface area contributed by atoms with Gasteiger partial charge in [0.25, 0.3) is 0 Å². The molecule has 2 saturated carbocycles. The summed E-state index contributed by atoms with van der Waals surface area (Å²) in [5.41, 5.74) is 2.49. The van der Waals surface area contributed by atoms with Crippen LogP contribution in [0.5, 0.6) is 0 Å². The molecule has 0 amide bonds. The van der Waals surface area contributed by atoms with Crippen molar-refractivity contribution in [1.82, 2.24) is 0 Å². The van der Waals surface area contributed by atoms with E-state index < -0.39 is 0 Å². The average molecular weight is 321 g/mol. The number of fused-ring (bicyclic) bond motifs is 3. The van der Waals surface area contributed by atoms with E-state index >= 15 is 0 Å². The molecule has 4 unspecified atom stereocenters. The molecule has 5 atom stereocenters. The van der Waals surface area contributed by atoms with Gasteiger partial charge in [-0.05, 0) is 74.0 Å². The highest BCUT2D eigenvalue weighted by molar-refractivity contribution is 5.17. The fourth-order valence-electron chi connectivity index (χ4n) is 5.72. The lowest BCUT2D eigenvalue weighted by atomic mass is 9.52. The summed E-state index contributed by atoms with van der Waals surface area (Å²) >= 11 is 0. The molecule has 0 aliphatic heterocycles. The first kappa shape index (κ1) is 20.8. The minimum Gasteiger partial charge on any atom is -0.0847 e. The molecule has 0 bridgehead atoms. The Morgan fingerprint density at radius 1 is 1.04 bits per heavy atom. The number of allylic oxidation sites excluding steroid dienone is 2. The van der Waals surface area contributed by atoms with E-state index in [2.05, 4.69) is 26.8 Å². The molecule has 0 aromatic heterocycles. The van der Waals surface area contributed by atoms with Gasteiger partial charge in [0.15, 0.2) is 0 Å². The molecule has 3 aliphatic carbocycles. The quantitative estimate of drug-likeness (QED) is 0.452. The van der Waals surface area contributed by atoms with E-state index in [0.717, 1.165) is 23.7 Å². The summed E-state index contributed by atoms with van der Waals surface area (Å²) in [6.45, 7) is 15.5. The molecule has 23 heavy (non-hydrogen) atoms. The summed E-state index contributed by atoms with van der Waals surface area (Å²) in [5, 5.41) is 0. The SMILES string of the molecule is CC.CC.CCC[C@@]1(C)CCC2C3CCCCC3=CCC2C1C. The largest absolute Gasteiger partial charge is 0.0847 e. The van der Waals surface area contributed by atoms with Crippen molar-refractivity contribution in [2.75, 3.05) is 0 Å². The molecule has 0 aromatic carbocycles. The Kier molecular flexibility index (Phi) is 8.94. The Balaban J connectivity index is 0.000000615.